The van der Waals surface area contributed by atoms with Crippen LogP contribution < -0.4 is 5.32 Å². The summed E-state index contributed by atoms with van der Waals surface area (Å²) in [6.45, 7) is 2.36. The van der Waals surface area contributed by atoms with E-state index >= 15 is 0 Å². The van der Waals surface area contributed by atoms with Gasteiger partial charge < -0.3 is 5.32 Å². The van der Waals surface area contributed by atoms with Crippen LogP contribution in [-0.2, 0) is 0 Å². The zero-order valence-electron chi connectivity index (χ0n) is 9.34. The highest BCUT2D eigenvalue weighted by Crippen LogP contribution is 2.28. The quantitative estimate of drug-likeness (QED) is 0.676. The van der Waals surface area contributed by atoms with Gasteiger partial charge in [-0.3, -0.25) is 0 Å². The summed E-state index contributed by atoms with van der Waals surface area (Å²) in [6.07, 6.45) is 14.4. The van der Waals surface area contributed by atoms with Crippen molar-refractivity contribution in [2.75, 3.05) is 0 Å². The molecule has 1 N–H and O–H groups in total. The lowest BCUT2D eigenvalue weighted by Gasteiger charge is -2.21. The summed E-state index contributed by atoms with van der Waals surface area (Å²) in [5.74, 6) is 1.02. The van der Waals surface area contributed by atoms with Crippen LogP contribution in [0.15, 0.2) is 12.2 Å². The van der Waals surface area contributed by atoms with Gasteiger partial charge in [0, 0.05) is 12.1 Å². The first kappa shape index (κ1) is 10.2. The Balaban J connectivity index is 1.64. The minimum absolute atomic E-state index is 0.725. The Morgan fingerprint density at radius 2 is 1.86 bits per heavy atom. The molecule has 0 aromatic heterocycles. The molecular formula is C13H23N. The van der Waals surface area contributed by atoms with E-state index in [0.29, 0.717) is 0 Å². The van der Waals surface area contributed by atoms with Crippen molar-refractivity contribution in [2.45, 2.75) is 64.0 Å². The average Bonchev–Trinajstić information content (AvgIpc) is 2.76. The number of hydrogen-bond acceptors (Lipinski definition) is 1. The Morgan fingerprint density at radius 1 is 1.21 bits per heavy atom. The molecule has 0 aromatic carbocycles. The van der Waals surface area contributed by atoms with Crippen LogP contribution in [0, 0.1) is 5.92 Å². The van der Waals surface area contributed by atoms with E-state index in [1.165, 1.54) is 44.9 Å². The van der Waals surface area contributed by atoms with Gasteiger partial charge in [-0.05, 0) is 32.1 Å². The van der Waals surface area contributed by atoms with Gasteiger partial charge in [-0.25, -0.2) is 0 Å². The molecule has 80 valence electrons. The molecule has 1 unspecified atom stereocenters. The monoisotopic (exact) mass is 193 g/mol. The van der Waals surface area contributed by atoms with Gasteiger partial charge in [0.25, 0.3) is 0 Å². The Bertz CT molecular complexity index is 179. The molecule has 14 heavy (non-hydrogen) atoms. The maximum atomic E-state index is 3.74. The van der Waals surface area contributed by atoms with Crippen LogP contribution in [0.1, 0.15) is 51.9 Å². The fraction of sp³-hybridized carbons (Fsp3) is 0.846. The molecule has 0 aromatic rings. The maximum absolute atomic E-state index is 3.74. The van der Waals surface area contributed by atoms with Crippen LogP contribution in [0.4, 0.5) is 0 Å². The topological polar surface area (TPSA) is 12.0 Å². The van der Waals surface area contributed by atoms with Crippen molar-refractivity contribution in [3.63, 3.8) is 0 Å². The zero-order chi connectivity index (χ0) is 9.80. The predicted octanol–water partition coefficient (Wildman–Crippen LogP) is 3.26. The van der Waals surface area contributed by atoms with E-state index in [9.17, 15) is 0 Å². The summed E-state index contributed by atoms with van der Waals surface area (Å²) in [7, 11) is 0. The first-order valence-electron chi connectivity index (χ1n) is 6.25. The SMILES string of the molecule is CC(CC1CCCC1)NC1CC=CC1. The summed E-state index contributed by atoms with van der Waals surface area (Å²) in [6, 6.07) is 1.47. The van der Waals surface area contributed by atoms with Gasteiger partial charge in [0.05, 0.1) is 0 Å². The first-order chi connectivity index (χ1) is 6.84. The van der Waals surface area contributed by atoms with E-state index in [0.717, 1.165) is 18.0 Å². The molecule has 1 saturated carbocycles. The van der Waals surface area contributed by atoms with Crippen LogP contribution in [0.25, 0.3) is 0 Å². The largest absolute Gasteiger partial charge is 0.311 e. The molecule has 2 rings (SSSR count). The number of rotatable bonds is 4. The number of hydrogen-bond donors (Lipinski definition) is 1. The van der Waals surface area contributed by atoms with Crippen molar-refractivity contribution >= 4 is 0 Å². The van der Waals surface area contributed by atoms with E-state index < -0.39 is 0 Å². The molecule has 0 saturated heterocycles. The smallest absolute Gasteiger partial charge is 0.0138 e. The Labute approximate surface area is 88.0 Å². The minimum atomic E-state index is 0.725. The van der Waals surface area contributed by atoms with Crippen LogP contribution in [0.5, 0.6) is 0 Å². The molecule has 0 radical (unpaired) electrons. The molecule has 1 fully saturated rings. The predicted molar refractivity (Wildman–Crippen MR) is 61.3 cm³/mol. The van der Waals surface area contributed by atoms with E-state index in [-0.39, 0.29) is 0 Å². The Hall–Kier alpha value is -0.300. The van der Waals surface area contributed by atoms with Crippen molar-refractivity contribution in [1.82, 2.24) is 5.32 Å². The molecule has 0 heterocycles. The zero-order valence-corrected chi connectivity index (χ0v) is 9.34. The summed E-state index contributed by atoms with van der Waals surface area (Å²) < 4.78 is 0. The maximum Gasteiger partial charge on any atom is 0.0138 e. The van der Waals surface area contributed by atoms with Crippen molar-refractivity contribution in [3.8, 4) is 0 Å². The molecule has 0 aliphatic heterocycles. The van der Waals surface area contributed by atoms with Crippen molar-refractivity contribution in [2.24, 2.45) is 5.92 Å². The van der Waals surface area contributed by atoms with E-state index in [1.807, 2.05) is 0 Å². The van der Waals surface area contributed by atoms with Crippen LogP contribution in [-0.4, -0.2) is 12.1 Å². The lowest BCUT2D eigenvalue weighted by molar-refractivity contribution is 0.372. The molecule has 0 bridgehead atoms. The lowest BCUT2D eigenvalue weighted by atomic mass is 9.98. The highest BCUT2D eigenvalue weighted by molar-refractivity contribution is 4.98. The molecule has 1 atom stereocenters. The van der Waals surface area contributed by atoms with Crippen molar-refractivity contribution < 1.29 is 0 Å². The second kappa shape index (κ2) is 4.97. The second-order valence-electron chi connectivity index (χ2n) is 5.09. The minimum Gasteiger partial charge on any atom is -0.311 e. The second-order valence-corrected chi connectivity index (χ2v) is 5.09. The third-order valence-corrected chi connectivity index (χ3v) is 3.69. The van der Waals surface area contributed by atoms with Crippen LogP contribution >= 0.6 is 0 Å². The van der Waals surface area contributed by atoms with Crippen LogP contribution in [0.2, 0.25) is 0 Å². The van der Waals surface area contributed by atoms with E-state index in [1.54, 1.807) is 0 Å². The molecule has 2 aliphatic carbocycles. The highest BCUT2D eigenvalue weighted by Gasteiger charge is 2.19. The van der Waals surface area contributed by atoms with Gasteiger partial charge in [0.2, 0.25) is 0 Å². The van der Waals surface area contributed by atoms with Crippen molar-refractivity contribution in [1.29, 1.82) is 0 Å². The van der Waals surface area contributed by atoms with E-state index in [2.05, 4.69) is 24.4 Å². The molecule has 1 heteroatoms. The molecular weight excluding hydrogens is 170 g/mol. The first-order valence-corrected chi connectivity index (χ1v) is 6.25. The Kier molecular flexibility index (Phi) is 3.63. The summed E-state index contributed by atoms with van der Waals surface area (Å²) in [4.78, 5) is 0. The average molecular weight is 193 g/mol. The van der Waals surface area contributed by atoms with Gasteiger partial charge in [0.1, 0.15) is 0 Å². The fourth-order valence-electron chi connectivity index (χ4n) is 2.97. The van der Waals surface area contributed by atoms with Gasteiger partial charge in [-0.1, -0.05) is 37.8 Å². The van der Waals surface area contributed by atoms with Crippen LogP contribution in [0.3, 0.4) is 0 Å². The molecule has 0 spiro atoms. The summed E-state index contributed by atoms with van der Waals surface area (Å²) in [5, 5.41) is 3.74. The molecule has 1 nitrogen and oxygen atoms in total. The van der Waals surface area contributed by atoms with Gasteiger partial charge in [-0.15, -0.1) is 0 Å². The summed E-state index contributed by atoms with van der Waals surface area (Å²) in [5.41, 5.74) is 0. The van der Waals surface area contributed by atoms with Crippen molar-refractivity contribution in [3.05, 3.63) is 12.2 Å². The summed E-state index contributed by atoms with van der Waals surface area (Å²) >= 11 is 0. The third-order valence-electron chi connectivity index (χ3n) is 3.69. The van der Waals surface area contributed by atoms with E-state index in [4.69, 9.17) is 0 Å². The lowest BCUT2D eigenvalue weighted by Crippen LogP contribution is -2.35. The van der Waals surface area contributed by atoms with Gasteiger partial charge in [0.15, 0.2) is 0 Å². The molecule has 0 amide bonds. The van der Waals surface area contributed by atoms with Gasteiger partial charge >= 0.3 is 0 Å². The third kappa shape index (κ3) is 2.84. The Morgan fingerprint density at radius 3 is 2.50 bits per heavy atom. The standard InChI is InChI=1S/C13H23N/c1-11(10-12-6-2-3-7-12)14-13-8-4-5-9-13/h4-5,11-14H,2-3,6-10H2,1H3. The number of nitrogens with one attached hydrogen (secondary N) is 1. The van der Waals surface area contributed by atoms with Gasteiger partial charge in [-0.2, -0.15) is 0 Å². The normalized spacial score (nSPS) is 26.1. The molecule has 2 aliphatic rings. The highest BCUT2D eigenvalue weighted by atomic mass is 14.9. The fourth-order valence-corrected chi connectivity index (χ4v) is 2.97.